The van der Waals surface area contributed by atoms with Crippen LogP contribution in [0.4, 0.5) is 10.2 Å². The molecule has 1 N–H and O–H groups in total. The number of nitrogens with one attached hydrogen (secondary N) is 1. The van der Waals surface area contributed by atoms with Gasteiger partial charge in [-0.05, 0) is 44.2 Å². The summed E-state index contributed by atoms with van der Waals surface area (Å²) in [5.74, 6) is 0.0683. The maximum atomic E-state index is 14.6. The SMILES string of the molecule is O=C1NCCCc2nc(-c3ccc(N4CCCCC4)nc3F)sc21. The highest BCUT2D eigenvalue weighted by Crippen LogP contribution is 2.32. The molecule has 7 heteroatoms. The highest BCUT2D eigenvalue weighted by atomic mass is 32.1. The van der Waals surface area contributed by atoms with Crippen LogP contribution >= 0.6 is 11.3 Å². The molecule has 2 aliphatic rings. The molecule has 0 saturated carbocycles. The number of aromatic nitrogens is 2. The van der Waals surface area contributed by atoms with Crippen molar-refractivity contribution in [2.24, 2.45) is 0 Å². The maximum absolute atomic E-state index is 14.6. The Morgan fingerprint density at radius 3 is 2.75 bits per heavy atom. The summed E-state index contributed by atoms with van der Waals surface area (Å²) in [7, 11) is 0. The lowest BCUT2D eigenvalue weighted by Gasteiger charge is -2.27. The van der Waals surface area contributed by atoms with Gasteiger partial charge in [0.15, 0.2) is 0 Å². The van der Waals surface area contributed by atoms with Gasteiger partial charge in [-0.1, -0.05) is 0 Å². The first kappa shape index (κ1) is 15.5. The molecular formula is C17H19FN4OS. The van der Waals surface area contributed by atoms with E-state index in [2.05, 4.69) is 20.2 Å². The van der Waals surface area contributed by atoms with Gasteiger partial charge in [-0.25, -0.2) is 9.97 Å². The van der Waals surface area contributed by atoms with Crippen LogP contribution in [0.15, 0.2) is 12.1 Å². The van der Waals surface area contributed by atoms with E-state index in [1.165, 1.54) is 17.8 Å². The predicted octanol–water partition coefficient (Wildman–Crippen LogP) is 3.01. The minimum atomic E-state index is -0.512. The Morgan fingerprint density at radius 1 is 1.12 bits per heavy atom. The third-order valence-corrected chi connectivity index (χ3v) is 5.65. The number of anilines is 1. The molecule has 1 saturated heterocycles. The first-order valence-electron chi connectivity index (χ1n) is 8.42. The first-order valence-corrected chi connectivity index (χ1v) is 9.24. The van der Waals surface area contributed by atoms with Gasteiger partial charge in [0.05, 0.1) is 11.3 Å². The van der Waals surface area contributed by atoms with Crippen molar-refractivity contribution in [3.05, 3.63) is 28.7 Å². The van der Waals surface area contributed by atoms with E-state index >= 15 is 0 Å². The number of fused-ring (bicyclic) bond motifs is 1. The molecular weight excluding hydrogens is 327 g/mol. The Kier molecular flexibility index (Phi) is 4.18. The lowest BCUT2D eigenvalue weighted by Crippen LogP contribution is -2.30. The Morgan fingerprint density at radius 2 is 1.96 bits per heavy atom. The van der Waals surface area contributed by atoms with Gasteiger partial charge in [0.25, 0.3) is 5.91 Å². The van der Waals surface area contributed by atoms with Gasteiger partial charge in [0.2, 0.25) is 5.95 Å². The molecule has 0 spiro atoms. The van der Waals surface area contributed by atoms with Gasteiger partial charge < -0.3 is 10.2 Å². The van der Waals surface area contributed by atoms with Crippen LogP contribution in [0.1, 0.15) is 41.0 Å². The number of thiazole rings is 1. The number of amides is 1. The Hall–Kier alpha value is -2.02. The van der Waals surface area contributed by atoms with Crippen LogP contribution in [0.2, 0.25) is 0 Å². The number of pyridine rings is 1. The summed E-state index contributed by atoms with van der Waals surface area (Å²) in [5, 5.41) is 3.38. The largest absolute Gasteiger partial charge is 0.357 e. The molecule has 0 unspecified atom stereocenters. The van der Waals surface area contributed by atoms with Gasteiger partial charge >= 0.3 is 0 Å². The molecule has 4 rings (SSSR count). The zero-order valence-electron chi connectivity index (χ0n) is 13.3. The number of hydrogen-bond donors (Lipinski definition) is 1. The molecule has 126 valence electrons. The van der Waals surface area contributed by atoms with Crippen LogP contribution in [0.5, 0.6) is 0 Å². The number of hydrogen-bond acceptors (Lipinski definition) is 5. The number of piperidine rings is 1. The Balaban J connectivity index is 1.65. The molecule has 0 atom stereocenters. The highest BCUT2D eigenvalue weighted by Gasteiger charge is 2.23. The number of nitrogens with zero attached hydrogens (tertiary/aromatic N) is 3. The lowest BCUT2D eigenvalue weighted by atomic mass is 10.1. The second kappa shape index (κ2) is 6.47. The summed E-state index contributed by atoms with van der Waals surface area (Å²) in [6.45, 7) is 2.52. The van der Waals surface area contributed by atoms with Crippen molar-refractivity contribution >= 4 is 23.1 Å². The third-order valence-electron chi connectivity index (χ3n) is 4.52. The summed E-state index contributed by atoms with van der Waals surface area (Å²) in [4.78, 5) is 23.4. The molecule has 0 radical (unpaired) electrons. The third kappa shape index (κ3) is 2.88. The van der Waals surface area contributed by atoms with Gasteiger partial charge in [-0.2, -0.15) is 4.39 Å². The van der Waals surface area contributed by atoms with Crippen LogP contribution in [-0.2, 0) is 6.42 Å². The molecule has 0 bridgehead atoms. The van der Waals surface area contributed by atoms with Gasteiger partial charge in [-0.3, -0.25) is 4.79 Å². The van der Waals surface area contributed by atoms with E-state index in [0.717, 1.165) is 44.5 Å². The smallest absolute Gasteiger partial charge is 0.263 e. The standard InChI is InChI=1S/C17H19FN4OS/c18-15-11(6-7-13(21-15)22-9-2-1-3-10-22)17-20-12-5-4-8-19-16(23)14(12)24-17/h6-7H,1-5,8-10H2,(H,19,23). The summed E-state index contributed by atoms with van der Waals surface area (Å²) in [5.41, 5.74) is 1.14. The summed E-state index contributed by atoms with van der Waals surface area (Å²) < 4.78 is 14.6. The molecule has 0 aliphatic carbocycles. The number of rotatable bonds is 2. The molecule has 5 nitrogen and oxygen atoms in total. The lowest BCUT2D eigenvalue weighted by molar-refractivity contribution is 0.0960. The molecule has 24 heavy (non-hydrogen) atoms. The number of carbonyl (C=O) groups excluding carboxylic acids is 1. The zero-order valence-corrected chi connectivity index (χ0v) is 14.2. The number of carbonyl (C=O) groups is 1. The maximum Gasteiger partial charge on any atom is 0.263 e. The minimum Gasteiger partial charge on any atom is -0.357 e. The van der Waals surface area contributed by atoms with Crippen molar-refractivity contribution in [1.82, 2.24) is 15.3 Å². The fourth-order valence-electron chi connectivity index (χ4n) is 3.24. The number of halogens is 1. The second-order valence-corrected chi connectivity index (χ2v) is 7.21. The first-order chi connectivity index (χ1) is 11.7. The van der Waals surface area contributed by atoms with E-state index < -0.39 is 5.95 Å². The molecule has 2 aromatic rings. The van der Waals surface area contributed by atoms with Crippen molar-refractivity contribution in [2.45, 2.75) is 32.1 Å². The quantitative estimate of drug-likeness (QED) is 0.849. The molecule has 4 heterocycles. The van der Waals surface area contributed by atoms with Crippen LogP contribution in [0.25, 0.3) is 10.6 Å². The van der Waals surface area contributed by atoms with E-state index in [1.54, 1.807) is 6.07 Å². The average molecular weight is 346 g/mol. The molecule has 0 aromatic carbocycles. The van der Waals surface area contributed by atoms with Crippen molar-refractivity contribution in [1.29, 1.82) is 0 Å². The Bertz CT molecular complexity index is 770. The summed E-state index contributed by atoms with van der Waals surface area (Å²) >= 11 is 1.25. The summed E-state index contributed by atoms with van der Waals surface area (Å²) in [6.07, 6.45) is 5.07. The van der Waals surface area contributed by atoms with Crippen molar-refractivity contribution in [3.63, 3.8) is 0 Å². The predicted molar refractivity (Wildman–Crippen MR) is 92.0 cm³/mol. The van der Waals surface area contributed by atoms with Crippen LogP contribution in [0.3, 0.4) is 0 Å². The number of aryl methyl sites for hydroxylation is 1. The van der Waals surface area contributed by atoms with Crippen LogP contribution in [0, 0.1) is 5.95 Å². The van der Waals surface area contributed by atoms with E-state index in [9.17, 15) is 9.18 Å². The second-order valence-electron chi connectivity index (χ2n) is 6.21. The van der Waals surface area contributed by atoms with E-state index in [4.69, 9.17) is 0 Å². The van der Waals surface area contributed by atoms with Crippen molar-refractivity contribution in [2.75, 3.05) is 24.5 Å². The minimum absolute atomic E-state index is 0.107. The van der Waals surface area contributed by atoms with Crippen molar-refractivity contribution < 1.29 is 9.18 Å². The topological polar surface area (TPSA) is 58.1 Å². The fourth-order valence-corrected chi connectivity index (χ4v) is 4.28. The van der Waals surface area contributed by atoms with Gasteiger partial charge in [-0.15, -0.1) is 11.3 Å². The van der Waals surface area contributed by atoms with E-state index in [0.29, 0.717) is 27.8 Å². The summed E-state index contributed by atoms with van der Waals surface area (Å²) in [6, 6.07) is 3.60. The molecule has 2 aliphatic heterocycles. The van der Waals surface area contributed by atoms with E-state index in [1.807, 2.05) is 6.07 Å². The molecule has 2 aromatic heterocycles. The van der Waals surface area contributed by atoms with Gasteiger partial charge in [0, 0.05) is 19.6 Å². The van der Waals surface area contributed by atoms with Crippen molar-refractivity contribution in [3.8, 4) is 10.6 Å². The average Bonchev–Trinajstić information content (AvgIpc) is 2.95. The highest BCUT2D eigenvalue weighted by molar-refractivity contribution is 7.17. The van der Waals surface area contributed by atoms with Crippen LogP contribution in [-0.4, -0.2) is 35.5 Å². The van der Waals surface area contributed by atoms with Gasteiger partial charge in [0.1, 0.15) is 15.7 Å². The molecule has 1 fully saturated rings. The fraction of sp³-hybridized carbons (Fsp3) is 0.471. The Labute approximate surface area is 143 Å². The zero-order chi connectivity index (χ0) is 16.5. The van der Waals surface area contributed by atoms with E-state index in [-0.39, 0.29) is 5.91 Å². The van der Waals surface area contributed by atoms with Crippen LogP contribution < -0.4 is 10.2 Å². The normalized spacial score (nSPS) is 18.0. The molecule has 1 amide bonds. The monoisotopic (exact) mass is 346 g/mol.